The van der Waals surface area contributed by atoms with E-state index in [0.29, 0.717) is 6.07 Å². The number of carbonyl (C=O) groups is 2. The summed E-state index contributed by atoms with van der Waals surface area (Å²) < 4.78 is 25.9. The van der Waals surface area contributed by atoms with E-state index in [1.165, 1.54) is 6.07 Å². The monoisotopic (exact) mass is 257 g/mol. The topological polar surface area (TPSA) is 66.4 Å². The van der Waals surface area contributed by atoms with Gasteiger partial charge in [-0.3, -0.25) is 9.59 Å². The highest BCUT2D eigenvalue weighted by Gasteiger charge is 2.23. The van der Waals surface area contributed by atoms with Crippen molar-refractivity contribution in [2.45, 2.75) is 19.9 Å². The maximum atomic E-state index is 13.2. The van der Waals surface area contributed by atoms with Crippen molar-refractivity contribution in [2.24, 2.45) is 5.92 Å². The van der Waals surface area contributed by atoms with Gasteiger partial charge in [0.15, 0.2) is 0 Å². The highest BCUT2D eigenvalue weighted by atomic mass is 19.1. The van der Waals surface area contributed by atoms with Crippen molar-refractivity contribution in [2.75, 3.05) is 0 Å². The molecule has 0 radical (unpaired) electrons. The van der Waals surface area contributed by atoms with Gasteiger partial charge in [-0.05, 0) is 12.5 Å². The molecule has 0 bridgehead atoms. The predicted octanol–water partition coefficient (Wildman–Crippen LogP) is 1.69. The Morgan fingerprint density at radius 2 is 2.06 bits per heavy atom. The van der Waals surface area contributed by atoms with E-state index in [1.807, 2.05) is 0 Å². The average molecular weight is 257 g/mol. The van der Waals surface area contributed by atoms with Gasteiger partial charge in [0.25, 0.3) is 0 Å². The molecule has 6 heteroatoms. The first kappa shape index (κ1) is 14.1. The molecule has 0 saturated heterocycles. The summed E-state index contributed by atoms with van der Waals surface area (Å²) in [4.78, 5) is 22.2. The molecule has 1 aromatic carbocycles. The zero-order chi connectivity index (χ0) is 13.7. The molecule has 98 valence electrons. The Morgan fingerprint density at radius 1 is 1.39 bits per heavy atom. The maximum absolute atomic E-state index is 13.2. The van der Waals surface area contributed by atoms with Crippen LogP contribution in [-0.2, 0) is 16.1 Å². The van der Waals surface area contributed by atoms with E-state index >= 15 is 0 Å². The van der Waals surface area contributed by atoms with Crippen molar-refractivity contribution in [1.82, 2.24) is 5.32 Å². The van der Waals surface area contributed by atoms with Crippen molar-refractivity contribution in [3.63, 3.8) is 0 Å². The zero-order valence-corrected chi connectivity index (χ0v) is 9.74. The highest BCUT2D eigenvalue weighted by molar-refractivity contribution is 5.96. The minimum Gasteiger partial charge on any atom is -0.481 e. The second-order valence-corrected chi connectivity index (χ2v) is 3.75. The van der Waals surface area contributed by atoms with Crippen molar-refractivity contribution >= 4 is 11.9 Å². The fourth-order valence-corrected chi connectivity index (χ4v) is 1.44. The number of benzene rings is 1. The molecule has 0 aliphatic heterocycles. The van der Waals surface area contributed by atoms with Crippen molar-refractivity contribution in [3.8, 4) is 0 Å². The Balaban J connectivity index is 2.65. The third-order valence-electron chi connectivity index (χ3n) is 2.49. The summed E-state index contributed by atoms with van der Waals surface area (Å²) in [5.74, 6) is -4.56. The van der Waals surface area contributed by atoms with Crippen LogP contribution in [0.1, 0.15) is 18.9 Å². The molecule has 0 aliphatic rings. The molecule has 0 spiro atoms. The Bertz CT molecular complexity index is 463. The molecule has 1 atom stereocenters. The van der Waals surface area contributed by atoms with Gasteiger partial charge in [-0.1, -0.05) is 13.0 Å². The lowest BCUT2D eigenvalue weighted by atomic mass is 10.1. The Kier molecular flexibility index (Phi) is 4.76. The summed E-state index contributed by atoms with van der Waals surface area (Å²) in [6.45, 7) is 1.39. The molecule has 0 heterocycles. The fourth-order valence-electron chi connectivity index (χ4n) is 1.44. The van der Waals surface area contributed by atoms with Crippen molar-refractivity contribution < 1.29 is 23.5 Å². The number of carbonyl (C=O) groups excluding carboxylic acids is 1. The third-order valence-corrected chi connectivity index (χ3v) is 2.49. The second kappa shape index (κ2) is 6.09. The highest BCUT2D eigenvalue weighted by Crippen LogP contribution is 2.10. The van der Waals surface area contributed by atoms with E-state index in [0.717, 1.165) is 6.07 Å². The molecule has 18 heavy (non-hydrogen) atoms. The molecular weight excluding hydrogens is 244 g/mol. The summed E-state index contributed by atoms with van der Waals surface area (Å²) in [6.07, 6.45) is 0.146. The first-order valence-corrected chi connectivity index (χ1v) is 5.40. The standard InChI is InChI=1S/C12H13F2NO3/c1-2-9(12(17)18)11(16)15-6-7-3-4-8(13)5-10(7)14/h3-5,9H,2,6H2,1H3,(H,15,16)(H,17,18). The summed E-state index contributed by atoms with van der Waals surface area (Å²) in [6, 6.07) is 2.97. The molecule has 0 aromatic heterocycles. The Morgan fingerprint density at radius 3 is 2.56 bits per heavy atom. The van der Waals surface area contributed by atoms with E-state index in [2.05, 4.69) is 5.32 Å². The molecule has 0 saturated carbocycles. The van der Waals surface area contributed by atoms with E-state index < -0.39 is 29.4 Å². The van der Waals surface area contributed by atoms with Gasteiger partial charge in [-0.25, -0.2) is 8.78 Å². The fraction of sp³-hybridized carbons (Fsp3) is 0.333. The summed E-state index contributed by atoms with van der Waals surface area (Å²) in [5, 5.41) is 11.1. The van der Waals surface area contributed by atoms with Crippen molar-refractivity contribution in [1.29, 1.82) is 0 Å². The minimum atomic E-state index is -1.23. The maximum Gasteiger partial charge on any atom is 0.316 e. The predicted molar refractivity (Wildman–Crippen MR) is 59.6 cm³/mol. The van der Waals surface area contributed by atoms with Gasteiger partial charge in [0.1, 0.15) is 17.6 Å². The quantitative estimate of drug-likeness (QED) is 0.789. The number of rotatable bonds is 5. The normalized spacial score (nSPS) is 11.9. The van der Waals surface area contributed by atoms with Gasteiger partial charge < -0.3 is 10.4 Å². The number of aliphatic carboxylic acids is 1. The first-order chi connectivity index (χ1) is 8.45. The van der Waals surface area contributed by atoms with Crippen LogP contribution in [0.5, 0.6) is 0 Å². The lowest BCUT2D eigenvalue weighted by Crippen LogP contribution is -2.34. The third kappa shape index (κ3) is 3.51. The van der Waals surface area contributed by atoms with Crippen molar-refractivity contribution in [3.05, 3.63) is 35.4 Å². The number of nitrogens with one attached hydrogen (secondary N) is 1. The smallest absolute Gasteiger partial charge is 0.316 e. The van der Waals surface area contributed by atoms with Gasteiger partial charge in [0.05, 0.1) is 0 Å². The van der Waals surface area contributed by atoms with Crippen LogP contribution < -0.4 is 5.32 Å². The van der Waals surface area contributed by atoms with Gasteiger partial charge in [0, 0.05) is 18.2 Å². The van der Waals surface area contributed by atoms with E-state index in [4.69, 9.17) is 5.11 Å². The molecule has 1 aromatic rings. The summed E-state index contributed by atoms with van der Waals surface area (Å²) >= 11 is 0. The van der Waals surface area contributed by atoms with Gasteiger partial charge >= 0.3 is 5.97 Å². The molecule has 1 amide bonds. The van der Waals surface area contributed by atoms with Crippen LogP contribution in [0.25, 0.3) is 0 Å². The minimum absolute atomic E-state index is 0.102. The van der Waals surface area contributed by atoms with Crippen LogP contribution in [0, 0.1) is 17.6 Å². The number of halogens is 2. The van der Waals surface area contributed by atoms with Gasteiger partial charge in [-0.15, -0.1) is 0 Å². The lowest BCUT2D eigenvalue weighted by molar-refractivity contribution is -0.147. The summed E-state index contributed by atoms with van der Waals surface area (Å²) in [7, 11) is 0. The van der Waals surface area contributed by atoms with Gasteiger partial charge in [0.2, 0.25) is 5.91 Å². The van der Waals surface area contributed by atoms with Crippen LogP contribution in [-0.4, -0.2) is 17.0 Å². The number of hydrogen-bond donors (Lipinski definition) is 2. The SMILES string of the molecule is CCC(C(=O)O)C(=O)NCc1ccc(F)cc1F. The number of hydrogen-bond acceptors (Lipinski definition) is 2. The van der Waals surface area contributed by atoms with E-state index in [-0.39, 0.29) is 18.5 Å². The van der Waals surface area contributed by atoms with Crippen LogP contribution in [0.4, 0.5) is 8.78 Å². The largest absolute Gasteiger partial charge is 0.481 e. The molecule has 1 unspecified atom stereocenters. The number of amides is 1. The lowest BCUT2D eigenvalue weighted by Gasteiger charge is -2.11. The van der Waals surface area contributed by atoms with Crippen LogP contribution in [0.3, 0.4) is 0 Å². The van der Waals surface area contributed by atoms with Crippen LogP contribution >= 0.6 is 0 Å². The van der Waals surface area contributed by atoms with E-state index in [1.54, 1.807) is 6.92 Å². The van der Waals surface area contributed by atoms with Gasteiger partial charge in [-0.2, -0.15) is 0 Å². The number of carboxylic acids is 1. The summed E-state index contributed by atoms with van der Waals surface area (Å²) in [5.41, 5.74) is 0.102. The molecule has 0 aliphatic carbocycles. The van der Waals surface area contributed by atoms with Crippen LogP contribution in [0.15, 0.2) is 18.2 Å². The zero-order valence-electron chi connectivity index (χ0n) is 9.74. The Hall–Kier alpha value is -1.98. The first-order valence-electron chi connectivity index (χ1n) is 5.40. The number of carboxylic acid groups (broad SMARTS) is 1. The molecule has 0 fully saturated rings. The van der Waals surface area contributed by atoms with E-state index in [9.17, 15) is 18.4 Å². The average Bonchev–Trinajstić information content (AvgIpc) is 2.28. The molecule has 2 N–H and O–H groups in total. The second-order valence-electron chi connectivity index (χ2n) is 3.75. The van der Waals surface area contributed by atoms with Crippen LogP contribution in [0.2, 0.25) is 0 Å². The molecular formula is C12H13F2NO3. The molecule has 1 rings (SSSR count). The molecule has 4 nitrogen and oxygen atoms in total. The Labute approximate surface area is 103 Å².